The Morgan fingerprint density at radius 3 is 2.75 bits per heavy atom. The summed E-state index contributed by atoms with van der Waals surface area (Å²) in [6, 6.07) is 6.06. The molecule has 1 aromatic rings. The number of rotatable bonds is 4. The Balaban J connectivity index is 2.06. The predicted octanol–water partition coefficient (Wildman–Crippen LogP) is 1.82. The van der Waals surface area contributed by atoms with Gasteiger partial charge in [-0.05, 0) is 31.4 Å². The van der Waals surface area contributed by atoms with Crippen LogP contribution in [0.15, 0.2) is 29.2 Å². The zero-order valence-electron chi connectivity index (χ0n) is 11.4. The molecule has 1 atom stereocenters. The summed E-state index contributed by atoms with van der Waals surface area (Å²) in [4.78, 5) is 12.0. The third-order valence-corrected chi connectivity index (χ3v) is 4.34. The van der Waals surface area contributed by atoms with Crippen LogP contribution in [0.4, 0.5) is 0 Å². The van der Waals surface area contributed by atoms with Gasteiger partial charge in [0.25, 0.3) is 0 Å². The Kier molecular flexibility index (Phi) is 4.77. The Hall–Kier alpha value is -1.40. The van der Waals surface area contributed by atoms with Gasteiger partial charge in [0, 0.05) is 12.9 Å². The van der Waals surface area contributed by atoms with Gasteiger partial charge in [-0.25, -0.2) is 13.2 Å². The van der Waals surface area contributed by atoms with Crippen LogP contribution in [0.25, 0.3) is 0 Å². The largest absolute Gasteiger partial charge is 0.459 e. The van der Waals surface area contributed by atoms with Crippen molar-refractivity contribution in [2.24, 2.45) is 0 Å². The zero-order chi connectivity index (χ0) is 14.6. The molecule has 0 spiro atoms. The minimum atomic E-state index is -3.45. The van der Waals surface area contributed by atoms with E-state index >= 15 is 0 Å². The van der Waals surface area contributed by atoms with E-state index in [1.807, 2.05) is 0 Å². The summed E-state index contributed by atoms with van der Waals surface area (Å²) in [6.45, 7) is 0.846. The molecule has 1 aromatic carbocycles. The Bertz CT molecular complexity index is 573. The first-order chi connectivity index (χ1) is 9.48. The maximum Gasteiger partial charge on any atom is 0.339 e. The highest BCUT2D eigenvalue weighted by molar-refractivity contribution is 7.90. The highest BCUT2D eigenvalue weighted by Gasteiger charge is 2.21. The van der Waals surface area contributed by atoms with E-state index in [1.165, 1.54) is 12.1 Å². The molecule has 0 aliphatic carbocycles. The van der Waals surface area contributed by atoms with Gasteiger partial charge in [0.05, 0.1) is 16.6 Å². The van der Waals surface area contributed by atoms with Crippen LogP contribution in [0.1, 0.15) is 29.6 Å². The van der Waals surface area contributed by atoms with Gasteiger partial charge in [-0.1, -0.05) is 12.1 Å². The molecule has 1 aliphatic rings. The molecule has 1 aliphatic heterocycles. The average molecular weight is 298 g/mol. The molecule has 5 nitrogen and oxygen atoms in total. The molecule has 110 valence electrons. The summed E-state index contributed by atoms with van der Waals surface area (Å²) in [6.07, 6.45) is 3.94. The van der Waals surface area contributed by atoms with E-state index in [0.717, 1.165) is 25.5 Å². The number of esters is 1. The molecule has 1 saturated heterocycles. The highest BCUT2D eigenvalue weighted by Crippen LogP contribution is 2.18. The molecule has 0 radical (unpaired) electrons. The van der Waals surface area contributed by atoms with Crippen molar-refractivity contribution in [1.82, 2.24) is 0 Å². The fraction of sp³-hybridized carbons (Fsp3) is 0.500. The third kappa shape index (κ3) is 3.80. The zero-order valence-corrected chi connectivity index (χ0v) is 12.2. The van der Waals surface area contributed by atoms with Crippen LogP contribution in [0, 0.1) is 0 Å². The average Bonchev–Trinajstić information content (AvgIpc) is 2.45. The molecule has 1 unspecified atom stereocenters. The molecule has 0 saturated carbocycles. The fourth-order valence-electron chi connectivity index (χ4n) is 2.14. The molecule has 0 N–H and O–H groups in total. The first-order valence-corrected chi connectivity index (χ1v) is 8.45. The summed E-state index contributed by atoms with van der Waals surface area (Å²) in [7, 11) is -3.45. The van der Waals surface area contributed by atoms with E-state index in [9.17, 15) is 13.2 Å². The van der Waals surface area contributed by atoms with E-state index in [-0.39, 0.29) is 23.2 Å². The van der Waals surface area contributed by atoms with Crippen molar-refractivity contribution in [2.75, 3.05) is 19.5 Å². The molecule has 0 aromatic heterocycles. The van der Waals surface area contributed by atoms with Crippen molar-refractivity contribution in [1.29, 1.82) is 0 Å². The van der Waals surface area contributed by atoms with Crippen molar-refractivity contribution < 1.29 is 22.7 Å². The first kappa shape index (κ1) is 15.0. The van der Waals surface area contributed by atoms with Crippen LogP contribution in [0.5, 0.6) is 0 Å². The molecule has 2 rings (SSSR count). The van der Waals surface area contributed by atoms with Crippen LogP contribution < -0.4 is 0 Å². The Morgan fingerprint density at radius 2 is 2.10 bits per heavy atom. The number of benzene rings is 1. The van der Waals surface area contributed by atoms with E-state index in [2.05, 4.69) is 0 Å². The summed E-state index contributed by atoms with van der Waals surface area (Å²) in [5.74, 6) is -0.625. The van der Waals surface area contributed by atoms with Crippen molar-refractivity contribution in [3.63, 3.8) is 0 Å². The molecule has 6 heteroatoms. The second-order valence-electron chi connectivity index (χ2n) is 4.86. The van der Waals surface area contributed by atoms with Gasteiger partial charge in [-0.3, -0.25) is 0 Å². The molecule has 1 heterocycles. The van der Waals surface area contributed by atoms with E-state index in [0.29, 0.717) is 6.61 Å². The normalized spacial score (nSPS) is 19.6. The molecular formula is C14H18O5S. The van der Waals surface area contributed by atoms with Crippen LogP contribution in [0.3, 0.4) is 0 Å². The van der Waals surface area contributed by atoms with Crippen LogP contribution >= 0.6 is 0 Å². The van der Waals surface area contributed by atoms with E-state index in [1.54, 1.807) is 12.1 Å². The number of sulfone groups is 1. The SMILES string of the molecule is CS(=O)(=O)c1ccccc1C(=O)OCC1CCCCO1. The summed E-state index contributed by atoms with van der Waals surface area (Å²) >= 11 is 0. The van der Waals surface area contributed by atoms with Crippen molar-refractivity contribution in [3.8, 4) is 0 Å². The van der Waals surface area contributed by atoms with Gasteiger partial charge in [0.1, 0.15) is 6.61 Å². The van der Waals surface area contributed by atoms with Crippen molar-refractivity contribution >= 4 is 15.8 Å². The lowest BCUT2D eigenvalue weighted by molar-refractivity contribution is -0.0301. The molecule has 0 amide bonds. The second kappa shape index (κ2) is 6.37. The monoisotopic (exact) mass is 298 g/mol. The van der Waals surface area contributed by atoms with Gasteiger partial charge >= 0.3 is 5.97 Å². The summed E-state index contributed by atoms with van der Waals surface area (Å²) in [5.41, 5.74) is 0.0748. The number of carbonyl (C=O) groups is 1. The minimum absolute atomic E-state index is 0.00503. The van der Waals surface area contributed by atoms with E-state index in [4.69, 9.17) is 9.47 Å². The summed E-state index contributed by atoms with van der Waals surface area (Å²) < 4.78 is 33.9. The lowest BCUT2D eigenvalue weighted by Crippen LogP contribution is -2.26. The molecular weight excluding hydrogens is 280 g/mol. The maximum atomic E-state index is 12.0. The third-order valence-electron chi connectivity index (χ3n) is 3.18. The lowest BCUT2D eigenvalue weighted by Gasteiger charge is -2.22. The molecule has 20 heavy (non-hydrogen) atoms. The summed E-state index contributed by atoms with van der Waals surface area (Å²) in [5, 5.41) is 0. The standard InChI is InChI=1S/C14H18O5S/c1-20(16,17)13-8-3-2-7-12(13)14(15)19-10-11-6-4-5-9-18-11/h2-3,7-8,11H,4-6,9-10H2,1H3. The Morgan fingerprint density at radius 1 is 1.35 bits per heavy atom. The quantitative estimate of drug-likeness (QED) is 0.793. The maximum absolute atomic E-state index is 12.0. The van der Waals surface area contributed by atoms with Gasteiger partial charge in [0.2, 0.25) is 0 Å². The molecule has 0 bridgehead atoms. The van der Waals surface area contributed by atoms with Gasteiger partial charge in [0.15, 0.2) is 9.84 Å². The highest BCUT2D eigenvalue weighted by atomic mass is 32.2. The predicted molar refractivity (Wildman–Crippen MR) is 73.4 cm³/mol. The number of hydrogen-bond donors (Lipinski definition) is 0. The second-order valence-corrected chi connectivity index (χ2v) is 6.84. The van der Waals surface area contributed by atoms with E-state index < -0.39 is 15.8 Å². The van der Waals surface area contributed by atoms with Crippen LogP contribution in [-0.4, -0.2) is 40.0 Å². The number of hydrogen-bond acceptors (Lipinski definition) is 5. The van der Waals surface area contributed by atoms with Gasteiger partial charge < -0.3 is 9.47 Å². The Labute approximate surface area is 118 Å². The van der Waals surface area contributed by atoms with Gasteiger partial charge in [-0.2, -0.15) is 0 Å². The topological polar surface area (TPSA) is 69.7 Å². The van der Waals surface area contributed by atoms with Crippen molar-refractivity contribution in [3.05, 3.63) is 29.8 Å². The minimum Gasteiger partial charge on any atom is -0.459 e. The van der Waals surface area contributed by atoms with Crippen LogP contribution in [0.2, 0.25) is 0 Å². The van der Waals surface area contributed by atoms with Crippen molar-refractivity contribution in [2.45, 2.75) is 30.3 Å². The fourth-order valence-corrected chi connectivity index (χ4v) is 3.02. The van der Waals surface area contributed by atoms with Crippen LogP contribution in [-0.2, 0) is 19.3 Å². The van der Waals surface area contributed by atoms with Gasteiger partial charge in [-0.15, -0.1) is 0 Å². The first-order valence-electron chi connectivity index (χ1n) is 6.56. The smallest absolute Gasteiger partial charge is 0.339 e. The lowest BCUT2D eigenvalue weighted by atomic mass is 10.1. The number of carbonyl (C=O) groups excluding carboxylic acids is 1. The number of ether oxygens (including phenoxy) is 2. The molecule has 1 fully saturated rings.